The predicted octanol–water partition coefficient (Wildman–Crippen LogP) is 3.57. The van der Waals surface area contributed by atoms with Gasteiger partial charge in [0.15, 0.2) is 0 Å². The lowest BCUT2D eigenvalue weighted by molar-refractivity contribution is -0.145. The van der Waals surface area contributed by atoms with E-state index in [0.717, 1.165) is 51.4 Å². The molecule has 0 N–H and O–H groups in total. The maximum Gasteiger partial charge on any atom is 0.241 e. The number of amides is 3. The van der Waals surface area contributed by atoms with E-state index in [2.05, 4.69) is 0 Å². The maximum atomic E-state index is 15.0. The highest BCUT2D eigenvalue weighted by atomic mass is 19.1. The molecule has 0 aromatic heterocycles. The van der Waals surface area contributed by atoms with E-state index in [1.165, 1.54) is 11.0 Å². The van der Waals surface area contributed by atoms with Crippen molar-refractivity contribution in [3.63, 3.8) is 0 Å². The molecule has 2 unspecified atom stereocenters. The lowest BCUT2D eigenvalue weighted by Crippen LogP contribution is -2.49. The molecule has 0 bridgehead atoms. The van der Waals surface area contributed by atoms with Crippen LogP contribution in [0.2, 0.25) is 0 Å². The van der Waals surface area contributed by atoms with Crippen molar-refractivity contribution < 1.29 is 23.5 Å². The lowest BCUT2D eigenvalue weighted by atomic mass is 9.75. The first-order chi connectivity index (χ1) is 15.5. The van der Waals surface area contributed by atoms with Crippen molar-refractivity contribution >= 4 is 17.7 Å². The average molecular weight is 445 g/mol. The number of rotatable bonds is 7. The zero-order chi connectivity index (χ0) is 22.7. The highest BCUT2D eigenvalue weighted by molar-refractivity contribution is 6.11. The van der Waals surface area contributed by atoms with Gasteiger partial charge in [-0.3, -0.25) is 19.3 Å². The van der Waals surface area contributed by atoms with E-state index in [4.69, 9.17) is 4.74 Å². The summed E-state index contributed by atoms with van der Waals surface area (Å²) in [5, 5.41) is 0. The Balaban J connectivity index is 1.66. The predicted molar refractivity (Wildman–Crippen MR) is 117 cm³/mol. The Morgan fingerprint density at radius 2 is 1.84 bits per heavy atom. The zero-order valence-corrected chi connectivity index (χ0v) is 18.9. The Morgan fingerprint density at radius 1 is 1.12 bits per heavy atom. The third-order valence-electron chi connectivity index (χ3n) is 7.48. The molecule has 2 heterocycles. The van der Waals surface area contributed by atoms with Gasteiger partial charge in [-0.05, 0) is 44.6 Å². The Bertz CT molecular complexity index is 869. The number of nitrogens with zero attached hydrogens (tertiary/aromatic N) is 2. The normalized spacial score (nSPS) is 26.9. The molecule has 0 radical (unpaired) electrons. The number of methoxy groups -OCH3 is 1. The molecule has 1 saturated carbocycles. The highest BCUT2D eigenvalue weighted by Gasteiger charge is 2.57. The summed E-state index contributed by atoms with van der Waals surface area (Å²) in [5.74, 6) is -1.40. The number of hydrogen-bond acceptors (Lipinski definition) is 4. The topological polar surface area (TPSA) is 66.9 Å². The third kappa shape index (κ3) is 4.19. The Morgan fingerprint density at radius 3 is 2.56 bits per heavy atom. The summed E-state index contributed by atoms with van der Waals surface area (Å²) in [6.07, 6.45) is 6.76. The number of hydrogen-bond donors (Lipinski definition) is 0. The minimum absolute atomic E-state index is 0.0482. The van der Waals surface area contributed by atoms with Crippen LogP contribution in [-0.2, 0) is 24.5 Å². The van der Waals surface area contributed by atoms with Crippen molar-refractivity contribution in [3.05, 3.63) is 35.6 Å². The monoisotopic (exact) mass is 444 g/mol. The highest BCUT2D eigenvalue weighted by Crippen LogP contribution is 2.44. The number of carbonyl (C=O) groups excluding carboxylic acids is 3. The Labute approximate surface area is 189 Å². The van der Waals surface area contributed by atoms with E-state index in [1.54, 1.807) is 25.3 Å². The molecule has 4 rings (SSSR count). The molecule has 7 heteroatoms. The van der Waals surface area contributed by atoms with Gasteiger partial charge in [-0.15, -0.1) is 0 Å². The van der Waals surface area contributed by atoms with Gasteiger partial charge in [-0.1, -0.05) is 31.0 Å². The van der Waals surface area contributed by atoms with Crippen molar-refractivity contribution in [2.24, 2.45) is 0 Å². The molecule has 0 spiro atoms. The number of likely N-dealkylation sites (tertiary alicyclic amines) is 2. The summed E-state index contributed by atoms with van der Waals surface area (Å²) in [6, 6.07) is 6.01. The van der Waals surface area contributed by atoms with Crippen LogP contribution in [0.5, 0.6) is 0 Å². The smallest absolute Gasteiger partial charge is 0.241 e. The molecule has 2 aliphatic heterocycles. The second-order valence-corrected chi connectivity index (χ2v) is 9.44. The molecular formula is C25H33FN2O4. The van der Waals surface area contributed by atoms with Crippen molar-refractivity contribution in [2.75, 3.05) is 20.3 Å². The van der Waals surface area contributed by atoms with E-state index >= 15 is 4.39 Å². The quantitative estimate of drug-likeness (QED) is 0.603. The Kier molecular flexibility index (Phi) is 6.93. The minimum Gasteiger partial charge on any atom is -0.385 e. The second-order valence-electron chi connectivity index (χ2n) is 9.44. The van der Waals surface area contributed by atoms with Crippen molar-refractivity contribution in [1.29, 1.82) is 0 Å². The molecule has 6 nitrogen and oxygen atoms in total. The van der Waals surface area contributed by atoms with E-state index in [9.17, 15) is 14.4 Å². The number of ether oxygens (including phenoxy) is 1. The second kappa shape index (κ2) is 9.69. The van der Waals surface area contributed by atoms with Gasteiger partial charge in [0, 0.05) is 50.8 Å². The van der Waals surface area contributed by atoms with Crippen LogP contribution < -0.4 is 0 Å². The van der Waals surface area contributed by atoms with Crippen LogP contribution >= 0.6 is 0 Å². The van der Waals surface area contributed by atoms with Crippen LogP contribution in [0.15, 0.2) is 24.3 Å². The van der Waals surface area contributed by atoms with Gasteiger partial charge >= 0.3 is 0 Å². The molecule has 2 saturated heterocycles. The minimum atomic E-state index is -1.47. The molecular weight excluding hydrogens is 411 g/mol. The fourth-order valence-corrected chi connectivity index (χ4v) is 5.83. The van der Waals surface area contributed by atoms with Gasteiger partial charge in [0.1, 0.15) is 5.82 Å². The molecule has 32 heavy (non-hydrogen) atoms. The van der Waals surface area contributed by atoms with Crippen LogP contribution in [0.4, 0.5) is 4.39 Å². The van der Waals surface area contributed by atoms with Gasteiger partial charge in [0.25, 0.3) is 0 Å². The molecule has 3 amide bonds. The molecule has 3 fully saturated rings. The van der Waals surface area contributed by atoms with Gasteiger partial charge < -0.3 is 9.64 Å². The number of carbonyl (C=O) groups is 3. The summed E-state index contributed by atoms with van der Waals surface area (Å²) in [7, 11) is 1.64. The van der Waals surface area contributed by atoms with Gasteiger partial charge in [0.2, 0.25) is 17.7 Å². The largest absolute Gasteiger partial charge is 0.385 e. The van der Waals surface area contributed by atoms with Gasteiger partial charge in [0.05, 0.1) is 5.41 Å². The SMILES string of the molecule is COCCC1CCCCN1C(=O)CC1(c2ccccc2F)CC(=O)N(C2CCCC2)C1=O. The van der Waals surface area contributed by atoms with Crippen molar-refractivity contribution in [3.8, 4) is 0 Å². The van der Waals surface area contributed by atoms with E-state index < -0.39 is 17.1 Å². The summed E-state index contributed by atoms with van der Waals surface area (Å²) < 4.78 is 20.2. The summed E-state index contributed by atoms with van der Waals surface area (Å²) >= 11 is 0. The first-order valence-corrected chi connectivity index (χ1v) is 11.9. The van der Waals surface area contributed by atoms with E-state index in [-0.39, 0.29) is 42.3 Å². The van der Waals surface area contributed by atoms with E-state index in [0.29, 0.717) is 13.2 Å². The van der Waals surface area contributed by atoms with Gasteiger partial charge in [-0.2, -0.15) is 0 Å². The fourth-order valence-electron chi connectivity index (χ4n) is 5.83. The molecule has 174 valence electrons. The van der Waals surface area contributed by atoms with Gasteiger partial charge in [-0.25, -0.2) is 4.39 Å². The van der Waals surface area contributed by atoms with Crippen LogP contribution in [0.25, 0.3) is 0 Å². The lowest BCUT2D eigenvalue weighted by Gasteiger charge is -2.38. The number of imide groups is 1. The maximum absolute atomic E-state index is 15.0. The molecule has 1 aliphatic carbocycles. The van der Waals surface area contributed by atoms with Crippen LogP contribution in [0.1, 0.15) is 69.8 Å². The number of halogens is 1. The standard InChI is InChI=1S/C25H33FN2O4/c1-32-15-13-18-8-6-7-14-27(18)22(29)16-25(20-11-4-5-12-21(20)26)17-23(30)28(24(25)31)19-9-2-3-10-19/h4-5,11-12,18-19H,2-3,6-10,13-17H2,1H3. The molecule has 3 aliphatic rings. The van der Waals surface area contributed by atoms with Crippen molar-refractivity contribution in [1.82, 2.24) is 9.80 Å². The summed E-state index contributed by atoms with van der Waals surface area (Å²) in [5.41, 5.74) is -1.30. The van der Waals surface area contributed by atoms with Crippen LogP contribution in [-0.4, -0.2) is 59.9 Å². The fraction of sp³-hybridized carbons (Fsp3) is 0.640. The van der Waals surface area contributed by atoms with Crippen LogP contribution in [0, 0.1) is 5.82 Å². The summed E-state index contributed by atoms with van der Waals surface area (Å²) in [4.78, 5) is 43.6. The molecule has 1 aromatic rings. The zero-order valence-electron chi connectivity index (χ0n) is 18.9. The number of piperidine rings is 1. The molecule has 2 atom stereocenters. The first kappa shape index (κ1) is 22.9. The molecule has 1 aromatic carbocycles. The van der Waals surface area contributed by atoms with Crippen molar-refractivity contribution in [2.45, 2.75) is 81.7 Å². The number of benzene rings is 1. The first-order valence-electron chi connectivity index (χ1n) is 11.9. The van der Waals surface area contributed by atoms with Crippen LogP contribution in [0.3, 0.4) is 0 Å². The Hall–Kier alpha value is -2.28. The third-order valence-corrected chi connectivity index (χ3v) is 7.48. The average Bonchev–Trinajstić information content (AvgIpc) is 3.39. The van der Waals surface area contributed by atoms with E-state index in [1.807, 2.05) is 4.90 Å². The summed E-state index contributed by atoms with van der Waals surface area (Å²) in [6.45, 7) is 1.18.